The minimum atomic E-state index is -0.678. The van der Waals surface area contributed by atoms with Crippen molar-refractivity contribution in [2.75, 3.05) is 0 Å². The molecule has 0 amide bonds. The predicted molar refractivity (Wildman–Crippen MR) is 117 cm³/mol. The Morgan fingerprint density at radius 1 is 0.742 bits per heavy atom. The highest BCUT2D eigenvalue weighted by Crippen LogP contribution is 2.38. The molecule has 0 spiro atoms. The molecule has 0 fully saturated rings. The Morgan fingerprint density at radius 2 is 1.10 bits per heavy atom. The number of carbonyl (C=O) groups is 4. The third-order valence-corrected chi connectivity index (χ3v) is 5.13. The molecule has 2 rings (SSSR count). The molecule has 0 atom stereocenters. The van der Waals surface area contributed by atoms with Crippen molar-refractivity contribution >= 4 is 46.7 Å². The van der Waals surface area contributed by atoms with Gasteiger partial charge in [-0.25, -0.2) is 0 Å². The zero-order valence-corrected chi connectivity index (χ0v) is 19.1. The van der Waals surface area contributed by atoms with E-state index in [-0.39, 0.29) is 46.0 Å². The van der Waals surface area contributed by atoms with Gasteiger partial charge in [0.25, 0.3) is 0 Å². The maximum Gasteiger partial charge on any atom is 0.318 e. The molecule has 0 aromatic heterocycles. The molecule has 2 aromatic carbocycles. The monoisotopic (exact) mass is 464 g/mol. The van der Waals surface area contributed by atoms with Gasteiger partial charge in [0.15, 0.2) is 0 Å². The minimum absolute atomic E-state index is 0.165. The van der Waals surface area contributed by atoms with Crippen molar-refractivity contribution in [3.63, 3.8) is 0 Å². The maximum absolute atomic E-state index is 11.7. The number of halogens is 2. The first-order valence-electron chi connectivity index (χ1n) is 9.40. The van der Waals surface area contributed by atoms with Crippen LogP contribution in [0.25, 0.3) is 0 Å². The molecule has 0 aliphatic rings. The lowest BCUT2D eigenvalue weighted by Crippen LogP contribution is -2.19. The van der Waals surface area contributed by atoms with Gasteiger partial charge in [0.2, 0.25) is 0 Å². The van der Waals surface area contributed by atoms with Gasteiger partial charge in [0.1, 0.15) is 35.9 Å². The highest BCUT2D eigenvalue weighted by Gasteiger charge is 2.26. The Hall–Kier alpha value is -2.70. The van der Waals surface area contributed by atoms with Gasteiger partial charge < -0.3 is 9.47 Å². The first-order chi connectivity index (χ1) is 14.4. The van der Waals surface area contributed by atoms with E-state index in [1.165, 1.54) is 13.8 Å². The van der Waals surface area contributed by atoms with Gasteiger partial charge in [-0.2, -0.15) is 0 Å². The number of hydrogen-bond donors (Lipinski definition) is 0. The lowest BCUT2D eigenvalue weighted by molar-refractivity contribution is -0.139. The molecular formula is C23H22Cl2O6. The van der Waals surface area contributed by atoms with Crippen LogP contribution in [0.15, 0.2) is 36.4 Å². The zero-order valence-electron chi connectivity index (χ0n) is 17.6. The fraction of sp³-hybridized carbons (Fsp3) is 0.304. The predicted octanol–water partition coefficient (Wildman–Crippen LogP) is 5.09. The molecular weight excluding hydrogens is 443 g/mol. The maximum atomic E-state index is 11.7. The largest absolute Gasteiger partial charge is 0.425 e. The Bertz CT molecular complexity index is 961. The van der Waals surface area contributed by atoms with Crippen molar-refractivity contribution < 1.29 is 28.7 Å². The number of ketones is 2. The van der Waals surface area contributed by atoms with Crippen LogP contribution in [0.5, 0.6) is 11.5 Å². The van der Waals surface area contributed by atoms with Crippen LogP contribution in [0.3, 0.4) is 0 Å². The fourth-order valence-electron chi connectivity index (χ4n) is 2.84. The van der Waals surface area contributed by atoms with Gasteiger partial charge in [-0.1, -0.05) is 49.2 Å². The molecule has 0 aliphatic carbocycles. The third kappa shape index (κ3) is 6.64. The van der Waals surface area contributed by atoms with Gasteiger partial charge in [-0.05, 0) is 49.2 Å². The molecule has 0 unspecified atom stereocenters. The molecule has 6 nitrogen and oxygen atoms in total. The summed E-state index contributed by atoms with van der Waals surface area (Å²) in [4.78, 5) is 45.5. The van der Waals surface area contributed by atoms with Gasteiger partial charge in [0.05, 0.1) is 10.0 Å². The number of benzene rings is 2. The fourth-order valence-corrected chi connectivity index (χ4v) is 3.27. The highest BCUT2D eigenvalue weighted by atomic mass is 35.5. The van der Waals surface area contributed by atoms with Gasteiger partial charge in [0, 0.05) is 5.41 Å². The van der Waals surface area contributed by atoms with E-state index in [0.29, 0.717) is 0 Å². The van der Waals surface area contributed by atoms with Crippen molar-refractivity contribution in [1.82, 2.24) is 0 Å². The number of carbonyl (C=O) groups excluding carboxylic acids is 4. The summed E-state index contributed by atoms with van der Waals surface area (Å²) in [5.74, 6) is -1.62. The number of ether oxygens (including phenoxy) is 2. The van der Waals surface area contributed by atoms with Crippen molar-refractivity contribution in [2.24, 2.45) is 0 Å². The topological polar surface area (TPSA) is 86.7 Å². The minimum Gasteiger partial charge on any atom is -0.425 e. The summed E-state index contributed by atoms with van der Waals surface area (Å²) in [5, 5.41) is 0.451. The van der Waals surface area contributed by atoms with E-state index in [4.69, 9.17) is 32.7 Å². The first kappa shape index (κ1) is 24.6. The number of hydrogen-bond acceptors (Lipinski definition) is 6. The highest BCUT2D eigenvalue weighted by molar-refractivity contribution is 6.32. The number of rotatable bonds is 8. The van der Waals surface area contributed by atoms with Crippen molar-refractivity contribution in [3.8, 4) is 11.5 Å². The first-order valence-corrected chi connectivity index (χ1v) is 10.2. The summed E-state index contributed by atoms with van der Waals surface area (Å²) in [6.07, 6.45) is -0.656. The molecule has 164 valence electrons. The Balaban J connectivity index is 2.24. The van der Waals surface area contributed by atoms with E-state index in [1.807, 2.05) is 13.8 Å². The van der Waals surface area contributed by atoms with Crippen LogP contribution in [-0.4, -0.2) is 23.5 Å². The summed E-state index contributed by atoms with van der Waals surface area (Å²) >= 11 is 12.6. The Morgan fingerprint density at radius 3 is 1.39 bits per heavy atom. The van der Waals surface area contributed by atoms with E-state index in [0.717, 1.165) is 11.1 Å². The third-order valence-electron chi connectivity index (χ3n) is 4.54. The quantitative estimate of drug-likeness (QED) is 0.307. The van der Waals surface area contributed by atoms with Crippen molar-refractivity contribution in [2.45, 2.75) is 46.0 Å². The lowest BCUT2D eigenvalue weighted by atomic mass is 9.78. The van der Waals surface area contributed by atoms with Gasteiger partial charge in [-0.3, -0.25) is 19.2 Å². The normalized spacial score (nSPS) is 11.0. The number of esters is 2. The van der Waals surface area contributed by atoms with E-state index >= 15 is 0 Å². The average Bonchev–Trinajstić information content (AvgIpc) is 2.63. The summed E-state index contributed by atoms with van der Waals surface area (Å²) < 4.78 is 10.3. The van der Waals surface area contributed by atoms with E-state index < -0.39 is 17.4 Å². The molecule has 2 aromatic rings. The van der Waals surface area contributed by atoms with E-state index in [1.54, 1.807) is 36.4 Å². The summed E-state index contributed by atoms with van der Waals surface area (Å²) in [6, 6.07) is 10.0. The SMILES string of the molecule is CC(=O)CC(=O)Oc1ccc(C(C)(C)c2ccc(OC(=O)CC(C)=O)c(Cl)c2)cc1Cl. The molecule has 8 heteroatoms. The molecule has 0 N–H and O–H groups in total. The van der Waals surface area contributed by atoms with Crippen LogP contribution in [0.2, 0.25) is 10.0 Å². The van der Waals surface area contributed by atoms with Crippen LogP contribution in [0, 0.1) is 0 Å². The summed E-state index contributed by atoms with van der Waals surface area (Å²) in [7, 11) is 0. The summed E-state index contributed by atoms with van der Waals surface area (Å²) in [5.41, 5.74) is 1.10. The molecule has 31 heavy (non-hydrogen) atoms. The second kappa shape index (κ2) is 10.1. The zero-order chi connectivity index (χ0) is 23.3. The Labute approximate surface area is 190 Å². The second-order valence-corrected chi connectivity index (χ2v) is 8.44. The molecule has 0 bridgehead atoms. The summed E-state index contributed by atoms with van der Waals surface area (Å²) in [6.45, 7) is 6.50. The molecule has 0 aliphatic heterocycles. The van der Waals surface area contributed by atoms with Gasteiger partial charge >= 0.3 is 11.9 Å². The molecule has 0 saturated carbocycles. The van der Waals surface area contributed by atoms with Crippen LogP contribution >= 0.6 is 23.2 Å². The van der Waals surface area contributed by atoms with Crippen LogP contribution in [-0.2, 0) is 24.6 Å². The van der Waals surface area contributed by atoms with Crippen molar-refractivity contribution in [3.05, 3.63) is 57.6 Å². The standard InChI is InChI=1S/C23H22Cl2O6/c1-13(26)9-21(28)30-19-7-5-15(11-17(19)24)23(3,4)16-6-8-20(18(25)12-16)31-22(29)10-14(2)27/h5-8,11-12H,9-10H2,1-4H3. The van der Waals surface area contributed by atoms with E-state index in [9.17, 15) is 19.2 Å². The van der Waals surface area contributed by atoms with E-state index in [2.05, 4.69) is 0 Å². The molecule has 0 heterocycles. The molecule has 0 saturated heterocycles. The van der Waals surface area contributed by atoms with Gasteiger partial charge in [-0.15, -0.1) is 0 Å². The molecule has 0 radical (unpaired) electrons. The second-order valence-electron chi connectivity index (χ2n) is 7.62. The number of Topliss-reactive ketones (excluding diaryl/α,β-unsaturated/α-hetero) is 2. The smallest absolute Gasteiger partial charge is 0.318 e. The Kier molecular flexibility index (Phi) is 7.98. The average molecular weight is 465 g/mol. The van der Waals surface area contributed by atoms with Crippen LogP contribution < -0.4 is 9.47 Å². The van der Waals surface area contributed by atoms with Crippen molar-refractivity contribution in [1.29, 1.82) is 0 Å². The van der Waals surface area contributed by atoms with Crippen LogP contribution in [0.4, 0.5) is 0 Å². The lowest BCUT2D eigenvalue weighted by Gasteiger charge is -2.27. The van der Waals surface area contributed by atoms with Crippen LogP contribution in [0.1, 0.15) is 51.7 Å².